The molecule has 4 aromatic rings. The molecule has 0 aliphatic carbocycles. The van der Waals surface area contributed by atoms with Gasteiger partial charge in [0, 0.05) is 12.1 Å². The molecule has 4 rings (SSSR count). The van der Waals surface area contributed by atoms with Crippen LogP contribution in [0.15, 0.2) is 51.8 Å². The zero-order chi connectivity index (χ0) is 18.8. The Morgan fingerprint density at radius 3 is 2.93 bits per heavy atom. The third kappa shape index (κ3) is 3.48. The molecule has 0 saturated carbocycles. The normalized spacial score (nSPS) is 11.2. The van der Waals surface area contributed by atoms with Crippen LogP contribution in [-0.4, -0.2) is 19.7 Å². The number of rotatable bonds is 6. The largest absolute Gasteiger partial charge is 0.484 e. The van der Waals surface area contributed by atoms with Crippen LogP contribution in [-0.2, 0) is 13.2 Å². The van der Waals surface area contributed by atoms with Crippen LogP contribution in [0.2, 0.25) is 0 Å². The van der Waals surface area contributed by atoms with Gasteiger partial charge in [-0.2, -0.15) is 4.98 Å². The maximum atomic E-state index is 12.1. The molecule has 0 aliphatic heterocycles. The summed E-state index contributed by atoms with van der Waals surface area (Å²) >= 11 is 0. The standard InChI is InChI=1S/C20H20N4O3/c1-3-9-24-17-8-7-14(11-16(17)21-20(24)25)19-22-18(27-23-19)12-26-15-6-4-5-13(2)10-15/h4-8,10-11H,3,9,12H2,1-2H3,(H,21,25). The molecule has 138 valence electrons. The summed E-state index contributed by atoms with van der Waals surface area (Å²) in [7, 11) is 0. The Morgan fingerprint density at radius 2 is 2.11 bits per heavy atom. The van der Waals surface area contributed by atoms with Crippen LogP contribution < -0.4 is 10.4 Å². The molecule has 1 N–H and O–H groups in total. The summed E-state index contributed by atoms with van der Waals surface area (Å²) in [5.41, 5.74) is 3.42. The quantitative estimate of drug-likeness (QED) is 0.564. The van der Waals surface area contributed by atoms with Crippen molar-refractivity contribution >= 4 is 11.0 Å². The number of aromatic amines is 1. The van der Waals surface area contributed by atoms with Crippen molar-refractivity contribution in [2.75, 3.05) is 0 Å². The van der Waals surface area contributed by atoms with Crippen molar-refractivity contribution in [1.29, 1.82) is 0 Å². The Kier molecular flexibility index (Phi) is 4.50. The predicted molar refractivity (Wildman–Crippen MR) is 102 cm³/mol. The summed E-state index contributed by atoms with van der Waals surface area (Å²) in [6.07, 6.45) is 0.893. The van der Waals surface area contributed by atoms with E-state index in [-0.39, 0.29) is 12.3 Å². The first-order chi connectivity index (χ1) is 13.1. The van der Waals surface area contributed by atoms with Crippen molar-refractivity contribution in [3.63, 3.8) is 0 Å². The van der Waals surface area contributed by atoms with Gasteiger partial charge in [-0.15, -0.1) is 0 Å². The number of benzene rings is 2. The minimum absolute atomic E-state index is 0.107. The number of aromatic nitrogens is 4. The molecule has 27 heavy (non-hydrogen) atoms. The molecule has 0 radical (unpaired) electrons. The van der Waals surface area contributed by atoms with Gasteiger partial charge in [0.2, 0.25) is 5.82 Å². The Hall–Kier alpha value is -3.35. The molecule has 2 aromatic carbocycles. The molecule has 2 aromatic heterocycles. The molecule has 0 spiro atoms. The summed E-state index contributed by atoms with van der Waals surface area (Å²) < 4.78 is 12.7. The lowest BCUT2D eigenvalue weighted by molar-refractivity contribution is 0.243. The van der Waals surface area contributed by atoms with E-state index in [2.05, 4.69) is 15.1 Å². The SMILES string of the molecule is CCCn1c(=O)[nH]c2cc(-c3noc(COc4cccc(C)c4)n3)ccc21. The zero-order valence-corrected chi connectivity index (χ0v) is 15.2. The highest BCUT2D eigenvalue weighted by atomic mass is 16.5. The molecular formula is C20H20N4O3. The maximum Gasteiger partial charge on any atom is 0.326 e. The number of aryl methyl sites for hydroxylation is 2. The van der Waals surface area contributed by atoms with Crippen molar-refractivity contribution in [1.82, 2.24) is 19.7 Å². The monoisotopic (exact) mass is 364 g/mol. The maximum absolute atomic E-state index is 12.1. The molecule has 0 fully saturated rings. The smallest absolute Gasteiger partial charge is 0.326 e. The Balaban J connectivity index is 1.55. The molecule has 7 nitrogen and oxygen atoms in total. The van der Waals surface area contributed by atoms with Crippen molar-refractivity contribution < 1.29 is 9.26 Å². The van der Waals surface area contributed by atoms with Gasteiger partial charge in [-0.05, 0) is 49.2 Å². The van der Waals surface area contributed by atoms with E-state index in [4.69, 9.17) is 9.26 Å². The minimum atomic E-state index is -0.107. The van der Waals surface area contributed by atoms with Gasteiger partial charge in [-0.3, -0.25) is 4.57 Å². The minimum Gasteiger partial charge on any atom is -0.484 e. The third-order valence-electron chi connectivity index (χ3n) is 4.30. The van der Waals surface area contributed by atoms with Crippen molar-refractivity contribution in [2.45, 2.75) is 33.4 Å². The summed E-state index contributed by atoms with van der Waals surface area (Å²) in [5.74, 6) is 1.61. The van der Waals surface area contributed by atoms with Crippen LogP contribution in [0.5, 0.6) is 5.75 Å². The van der Waals surface area contributed by atoms with Gasteiger partial charge in [0.15, 0.2) is 6.61 Å². The second-order valence-corrected chi connectivity index (χ2v) is 6.43. The fraction of sp³-hybridized carbons (Fsp3) is 0.250. The lowest BCUT2D eigenvalue weighted by Gasteiger charge is -2.03. The van der Waals surface area contributed by atoms with Gasteiger partial charge >= 0.3 is 5.69 Å². The van der Waals surface area contributed by atoms with Crippen LogP contribution in [0, 0.1) is 6.92 Å². The molecule has 2 heterocycles. The number of hydrogen-bond acceptors (Lipinski definition) is 5. The number of nitrogens with one attached hydrogen (secondary N) is 1. The van der Waals surface area contributed by atoms with Crippen LogP contribution in [0.3, 0.4) is 0 Å². The zero-order valence-electron chi connectivity index (χ0n) is 15.2. The Morgan fingerprint density at radius 1 is 1.22 bits per heavy atom. The molecule has 0 bridgehead atoms. The van der Waals surface area contributed by atoms with Gasteiger partial charge in [-0.25, -0.2) is 4.79 Å². The van der Waals surface area contributed by atoms with E-state index in [1.165, 1.54) is 0 Å². The molecule has 0 unspecified atom stereocenters. The lowest BCUT2D eigenvalue weighted by Crippen LogP contribution is -2.16. The van der Waals surface area contributed by atoms with Gasteiger partial charge < -0.3 is 14.2 Å². The first kappa shape index (κ1) is 17.1. The lowest BCUT2D eigenvalue weighted by atomic mass is 10.2. The molecular weight excluding hydrogens is 344 g/mol. The van der Waals surface area contributed by atoms with E-state index in [0.29, 0.717) is 18.3 Å². The summed E-state index contributed by atoms with van der Waals surface area (Å²) in [5, 5.41) is 4.02. The van der Waals surface area contributed by atoms with Crippen molar-refractivity contribution in [2.24, 2.45) is 0 Å². The molecule has 7 heteroatoms. The van der Waals surface area contributed by atoms with Gasteiger partial charge in [0.25, 0.3) is 5.89 Å². The first-order valence-corrected chi connectivity index (χ1v) is 8.89. The van der Waals surface area contributed by atoms with E-state index in [9.17, 15) is 4.79 Å². The van der Waals surface area contributed by atoms with Gasteiger partial charge in [0.05, 0.1) is 11.0 Å². The number of hydrogen-bond donors (Lipinski definition) is 1. The summed E-state index contributed by atoms with van der Waals surface area (Å²) in [6, 6.07) is 13.4. The van der Waals surface area contributed by atoms with Crippen molar-refractivity contribution in [3.05, 3.63) is 64.4 Å². The van der Waals surface area contributed by atoms with E-state index in [0.717, 1.165) is 34.3 Å². The third-order valence-corrected chi connectivity index (χ3v) is 4.30. The topological polar surface area (TPSA) is 85.9 Å². The number of imidazole rings is 1. The highest BCUT2D eigenvalue weighted by Gasteiger charge is 2.12. The average molecular weight is 364 g/mol. The van der Waals surface area contributed by atoms with Crippen LogP contribution in [0.1, 0.15) is 24.8 Å². The first-order valence-electron chi connectivity index (χ1n) is 8.89. The number of H-pyrrole nitrogens is 1. The summed E-state index contributed by atoms with van der Waals surface area (Å²) in [6.45, 7) is 4.93. The molecule has 0 saturated heterocycles. The van der Waals surface area contributed by atoms with Gasteiger partial charge in [-0.1, -0.05) is 24.2 Å². The predicted octanol–water partition coefficient (Wildman–Crippen LogP) is 3.68. The average Bonchev–Trinajstić information content (AvgIpc) is 3.25. The van der Waals surface area contributed by atoms with Crippen LogP contribution in [0.25, 0.3) is 22.4 Å². The van der Waals surface area contributed by atoms with Crippen LogP contribution >= 0.6 is 0 Å². The van der Waals surface area contributed by atoms with Crippen molar-refractivity contribution in [3.8, 4) is 17.1 Å². The van der Waals surface area contributed by atoms with E-state index in [1.807, 2.05) is 56.3 Å². The highest BCUT2D eigenvalue weighted by molar-refractivity contribution is 5.80. The number of ether oxygens (including phenoxy) is 1. The molecule has 0 aliphatic rings. The second kappa shape index (κ2) is 7.11. The summed E-state index contributed by atoms with van der Waals surface area (Å²) in [4.78, 5) is 19.3. The fourth-order valence-corrected chi connectivity index (χ4v) is 3.03. The molecule has 0 amide bonds. The number of fused-ring (bicyclic) bond motifs is 1. The Labute approximate surface area is 155 Å². The van der Waals surface area contributed by atoms with E-state index < -0.39 is 0 Å². The second-order valence-electron chi connectivity index (χ2n) is 6.43. The van der Waals surface area contributed by atoms with Gasteiger partial charge in [0.1, 0.15) is 5.75 Å². The highest BCUT2D eigenvalue weighted by Crippen LogP contribution is 2.21. The van der Waals surface area contributed by atoms with Crippen LogP contribution in [0.4, 0.5) is 0 Å². The van der Waals surface area contributed by atoms with E-state index >= 15 is 0 Å². The van der Waals surface area contributed by atoms with E-state index in [1.54, 1.807) is 4.57 Å². The fourth-order valence-electron chi connectivity index (χ4n) is 3.03. The number of nitrogens with zero attached hydrogens (tertiary/aromatic N) is 3. The molecule has 0 atom stereocenters. The Bertz CT molecular complexity index is 1140.